The van der Waals surface area contributed by atoms with Gasteiger partial charge in [-0.2, -0.15) is 0 Å². The van der Waals surface area contributed by atoms with E-state index in [-0.39, 0.29) is 0 Å². The smallest absolute Gasteiger partial charge is 0.0233 e. The number of rotatable bonds is 8. The Morgan fingerprint density at radius 2 is 1.45 bits per heavy atom. The van der Waals surface area contributed by atoms with Gasteiger partial charge in [-0.05, 0) is 67.7 Å². The van der Waals surface area contributed by atoms with Gasteiger partial charge < -0.3 is 5.32 Å². The highest BCUT2D eigenvalue weighted by Crippen LogP contribution is 2.30. The van der Waals surface area contributed by atoms with Gasteiger partial charge in [-0.3, -0.25) is 4.90 Å². The van der Waals surface area contributed by atoms with Crippen molar-refractivity contribution in [2.75, 3.05) is 19.6 Å². The lowest BCUT2D eigenvalue weighted by Gasteiger charge is -2.32. The van der Waals surface area contributed by atoms with E-state index in [9.17, 15) is 0 Å². The Morgan fingerprint density at radius 1 is 0.793 bits per heavy atom. The Balaban J connectivity index is 1.22. The quantitative estimate of drug-likeness (QED) is 0.509. The molecule has 1 aliphatic heterocycles. The second kappa shape index (κ2) is 10.6. The zero-order valence-electron chi connectivity index (χ0n) is 17.0. The van der Waals surface area contributed by atoms with Crippen LogP contribution in [0, 0.1) is 5.92 Å². The molecule has 1 N–H and O–H groups in total. The lowest BCUT2D eigenvalue weighted by atomic mass is 9.96. The number of hydrogen-bond donors (Lipinski definition) is 1. The Labute approximate surface area is 179 Å². The molecule has 29 heavy (non-hydrogen) atoms. The highest BCUT2D eigenvalue weighted by atomic mass is 32.2. The summed E-state index contributed by atoms with van der Waals surface area (Å²) in [5, 5.41) is 3.73. The maximum absolute atomic E-state index is 3.73. The third kappa shape index (κ3) is 6.20. The fourth-order valence-electron chi connectivity index (χ4n) is 3.97. The third-order valence-electron chi connectivity index (χ3n) is 5.65. The Hall–Kier alpha value is -2.07. The summed E-state index contributed by atoms with van der Waals surface area (Å²) < 4.78 is 0. The minimum absolute atomic E-state index is 0.788. The topological polar surface area (TPSA) is 15.3 Å². The minimum Gasteiger partial charge on any atom is -0.312 e. The number of benzene rings is 3. The van der Waals surface area contributed by atoms with Gasteiger partial charge in [0.1, 0.15) is 0 Å². The molecule has 150 valence electrons. The molecule has 3 aromatic carbocycles. The number of likely N-dealkylation sites (tertiary alicyclic amines) is 1. The molecule has 0 aliphatic carbocycles. The van der Waals surface area contributed by atoms with E-state index in [1.54, 1.807) is 0 Å². The van der Waals surface area contributed by atoms with Crippen molar-refractivity contribution in [3.63, 3.8) is 0 Å². The molecule has 4 rings (SSSR count). The van der Waals surface area contributed by atoms with Gasteiger partial charge in [-0.15, -0.1) is 0 Å². The monoisotopic (exact) mass is 402 g/mol. The van der Waals surface area contributed by atoms with Crippen LogP contribution < -0.4 is 5.32 Å². The van der Waals surface area contributed by atoms with Crippen molar-refractivity contribution in [3.05, 3.63) is 96.1 Å². The van der Waals surface area contributed by atoms with Crippen LogP contribution in [-0.4, -0.2) is 24.5 Å². The Bertz CT molecular complexity index is 858. The Morgan fingerprint density at radius 3 is 2.21 bits per heavy atom. The van der Waals surface area contributed by atoms with Crippen LogP contribution in [0.25, 0.3) is 0 Å². The van der Waals surface area contributed by atoms with Crippen LogP contribution in [0.15, 0.2) is 94.7 Å². The molecule has 3 aromatic rings. The Kier molecular flexibility index (Phi) is 7.41. The van der Waals surface area contributed by atoms with Crippen LogP contribution in [0.2, 0.25) is 0 Å². The first-order chi connectivity index (χ1) is 14.4. The van der Waals surface area contributed by atoms with E-state index in [1.165, 1.54) is 46.8 Å². The van der Waals surface area contributed by atoms with Crippen molar-refractivity contribution in [2.24, 2.45) is 5.92 Å². The average molecular weight is 403 g/mol. The first-order valence-corrected chi connectivity index (χ1v) is 11.5. The molecule has 0 radical (unpaired) electrons. The number of hydrogen-bond acceptors (Lipinski definition) is 3. The van der Waals surface area contributed by atoms with Crippen molar-refractivity contribution in [2.45, 2.75) is 35.7 Å². The molecule has 0 unspecified atom stereocenters. The lowest BCUT2D eigenvalue weighted by molar-refractivity contribution is 0.175. The molecule has 1 fully saturated rings. The zero-order chi connectivity index (χ0) is 19.7. The predicted molar refractivity (Wildman–Crippen MR) is 123 cm³/mol. The van der Waals surface area contributed by atoms with Gasteiger partial charge in [0.15, 0.2) is 0 Å². The van der Waals surface area contributed by atoms with E-state index in [1.807, 2.05) is 11.8 Å². The summed E-state index contributed by atoms with van der Waals surface area (Å²) in [5.74, 6) is 0.788. The minimum atomic E-state index is 0.788. The summed E-state index contributed by atoms with van der Waals surface area (Å²) in [5.41, 5.74) is 2.82. The largest absolute Gasteiger partial charge is 0.312 e. The van der Waals surface area contributed by atoms with E-state index in [0.29, 0.717) is 0 Å². The van der Waals surface area contributed by atoms with E-state index in [4.69, 9.17) is 0 Å². The molecule has 3 heteroatoms. The van der Waals surface area contributed by atoms with Crippen molar-refractivity contribution < 1.29 is 0 Å². The van der Waals surface area contributed by atoms with E-state index in [0.717, 1.165) is 25.6 Å². The van der Waals surface area contributed by atoms with Crippen LogP contribution in [0.5, 0.6) is 0 Å². The van der Waals surface area contributed by atoms with Gasteiger partial charge in [-0.1, -0.05) is 78.5 Å². The molecule has 0 aromatic heterocycles. The molecule has 1 aliphatic rings. The average Bonchev–Trinajstić information content (AvgIpc) is 2.78. The van der Waals surface area contributed by atoms with Gasteiger partial charge in [0, 0.05) is 22.9 Å². The maximum Gasteiger partial charge on any atom is 0.0233 e. The fraction of sp³-hybridized carbons (Fsp3) is 0.308. The normalized spacial score (nSPS) is 15.4. The van der Waals surface area contributed by atoms with Gasteiger partial charge >= 0.3 is 0 Å². The van der Waals surface area contributed by atoms with E-state index in [2.05, 4.69) is 95.1 Å². The van der Waals surface area contributed by atoms with E-state index >= 15 is 0 Å². The number of piperidine rings is 1. The summed E-state index contributed by atoms with van der Waals surface area (Å²) in [6.07, 6.45) is 2.58. The molecular formula is C26H30N2S. The summed E-state index contributed by atoms with van der Waals surface area (Å²) in [6.45, 7) is 5.57. The third-order valence-corrected chi connectivity index (χ3v) is 6.77. The van der Waals surface area contributed by atoms with Gasteiger partial charge in [-0.25, -0.2) is 0 Å². The van der Waals surface area contributed by atoms with Gasteiger partial charge in [0.25, 0.3) is 0 Å². The van der Waals surface area contributed by atoms with Crippen LogP contribution in [-0.2, 0) is 13.1 Å². The van der Waals surface area contributed by atoms with Gasteiger partial charge in [0.05, 0.1) is 0 Å². The molecule has 0 saturated carbocycles. The molecule has 0 amide bonds. The molecule has 2 nitrogen and oxygen atoms in total. The highest BCUT2D eigenvalue weighted by Gasteiger charge is 2.19. The molecule has 0 bridgehead atoms. The number of nitrogens with one attached hydrogen (secondary N) is 1. The van der Waals surface area contributed by atoms with Crippen molar-refractivity contribution >= 4 is 11.8 Å². The second-order valence-corrected chi connectivity index (χ2v) is 8.97. The standard InChI is InChI=1S/C26H30N2S/c1-3-9-23(10-4-1)21-28-17-15-22(16-18-28)19-27-20-24-11-7-8-14-26(24)29-25-12-5-2-6-13-25/h1-14,22,27H,15-21H2. The number of nitrogens with zero attached hydrogens (tertiary/aromatic N) is 1. The van der Waals surface area contributed by atoms with Crippen LogP contribution in [0.1, 0.15) is 24.0 Å². The molecule has 0 atom stereocenters. The summed E-state index contributed by atoms with van der Waals surface area (Å²) in [7, 11) is 0. The lowest BCUT2D eigenvalue weighted by Crippen LogP contribution is -2.36. The molecule has 1 heterocycles. The van der Waals surface area contributed by atoms with E-state index < -0.39 is 0 Å². The van der Waals surface area contributed by atoms with Crippen molar-refractivity contribution in [3.8, 4) is 0 Å². The molecule has 1 saturated heterocycles. The van der Waals surface area contributed by atoms with Gasteiger partial charge in [0.2, 0.25) is 0 Å². The zero-order valence-corrected chi connectivity index (χ0v) is 17.8. The maximum atomic E-state index is 3.73. The first kappa shape index (κ1) is 20.2. The van der Waals surface area contributed by atoms with Crippen molar-refractivity contribution in [1.82, 2.24) is 10.2 Å². The molecule has 0 spiro atoms. The summed E-state index contributed by atoms with van der Waals surface area (Å²) in [4.78, 5) is 5.24. The summed E-state index contributed by atoms with van der Waals surface area (Å²) in [6, 6.07) is 30.2. The van der Waals surface area contributed by atoms with Crippen LogP contribution in [0.4, 0.5) is 0 Å². The SMILES string of the molecule is c1ccc(CN2CCC(CNCc3ccccc3Sc3ccccc3)CC2)cc1. The highest BCUT2D eigenvalue weighted by molar-refractivity contribution is 7.99. The van der Waals surface area contributed by atoms with Crippen molar-refractivity contribution in [1.29, 1.82) is 0 Å². The second-order valence-electron chi connectivity index (χ2n) is 7.86. The predicted octanol–water partition coefficient (Wildman–Crippen LogP) is 5.84. The summed E-state index contributed by atoms with van der Waals surface area (Å²) >= 11 is 1.85. The molecular weight excluding hydrogens is 372 g/mol. The first-order valence-electron chi connectivity index (χ1n) is 10.6. The van der Waals surface area contributed by atoms with Crippen LogP contribution >= 0.6 is 11.8 Å². The van der Waals surface area contributed by atoms with Crippen LogP contribution in [0.3, 0.4) is 0 Å². The fourth-order valence-corrected chi connectivity index (χ4v) is 4.93.